The van der Waals surface area contributed by atoms with Crippen LogP contribution in [-0.2, 0) is 0 Å². The van der Waals surface area contributed by atoms with Crippen molar-refractivity contribution in [3.05, 3.63) is 59.6 Å². The molecule has 0 radical (unpaired) electrons. The van der Waals surface area contributed by atoms with Crippen molar-refractivity contribution < 1.29 is 0 Å². The van der Waals surface area contributed by atoms with E-state index in [2.05, 4.69) is 38.3 Å². The summed E-state index contributed by atoms with van der Waals surface area (Å²) in [4.78, 5) is 15.4. The molecule has 1 saturated heterocycles. The van der Waals surface area contributed by atoms with Gasteiger partial charge in [-0.3, -0.25) is 15.0 Å². The number of rotatable bonds is 4. The maximum absolute atomic E-state index is 6.44. The Balaban J connectivity index is 1.66. The molecule has 0 aliphatic carbocycles. The molecule has 0 amide bonds. The van der Waals surface area contributed by atoms with Crippen molar-refractivity contribution in [3.8, 4) is 0 Å². The number of pyridine rings is 1. The maximum Gasteiger partial charge on any atom is 0.107 e. The Morgan fingerprint density at radius 1 is 1.15 bits per heavy atom. The standard InChI is InChI=1S/C20H22ClN5/c1-26-9-4-14(5-10-26)19(15-3-2-6-22-13-15)25-16-11-17(21)20-18(12-16)23-7-8-24-20/h2-3,6-8,11-14,19,25H,4-5,9-10H2,1H3. The number of benzene rings is 1. The van der Waals surface area contributed by atoms with Crippen LogP contribution in [0.5, 0.6) is 0 Å². The van der Waals surface area contributed by atoms with Crippen molar-refractivity contribution in [1.82, 2.24) is 19.9 Å². The fourth-order valence-corrected chi connectivity index (χ4v) is 3.95. The second-order valence-electron chi connectivity index (χ2n) is 6.93. The molecule has 6 heteroatoms. The fraction of sp³-hybridized carbons (Fsp3) is 0.350. The van der Waals surface area contributed by atoms with Gasteiger partial charge in [0.2, 0.25) is 0 Å². The molecular weight excluding hydrogens is 346 g/mol. The van der Waals surface area contributed by atoms with Crippen LogP contribution in [0.15, 0.2) is 49.1 Å². The van der Waals surface area contributed by atoms with E-state index < -0.39 is 0 Å². The van der Waals surface area contributed by atoms with Crippen LogP contribution in [-0.4, -0.2) is 40.0 Å². The lowest BCUT2D eigenvalue weighted by molar-refractivity contribution is 0.204. The van der Waals surface area contributed by atoms with E-state index in [1.165, 1.54) is 5.56 Å². The summed E-state index contributed by atoms with van der Waals surface area (Å²) in [6.45, 7) is 2.24. The zero-order valence-corrected chi connectivity index (χ0v) is 15.5. The Labute approximate surface area is 158 Å². The van der Waals surface area contributed by atoms with Gasteiger partial charge in [-0.15, -0.1) is 0 Å². The normalized spacial score (nSPS) is 17.3. The quantitative estimate of drug-likeness (QED) is 0.749. The number of likely N-dealkylation sites (tertiary alicyclic amines) is 1. The number of hydrogen-bond donors (Lipinski definition) is 1. The highest BCUT2D eigenvalue weighted by Crippen LogP contribution is 2.35. The minimum Gasteiger partial charge on any atom is -0.378 e. The lowest BCUT2D eigenvalue weighted by atomic mass is 9.86. The molecule has 134 valence electrons. The summed E-state index contributed by atoms with van der Waals surface area (Å²) in [5.74, 6) is 0.548. The highest BCUT2D eigenvalue weighted by Gasteiger charge is 2.27. The number of nitrogens with one attached hydrogen (secondary N) is 1. The number of halogens is 1. The van der Waals surface area contributed by atoms with Crippen LogP contribution in [0.25, 0.3) is 11.0 Å². The third kappa shape index (κ3) is 3.64. The van der Waals surface area contributed by atoms with Gasteiger partial charge < -0.3 is 10.2 Å². The Kier molecular flexibility index (Phi) is 5.00. The van der Waals surface area contributed by atoms with E-state index >= 15 is 0 Å². The summed E-state index contributed by atoms with van der Waals surface area (Å²) < 4.78 is 0. The summed E-state index contributed by atoms with van der Waals surface area (Å²) in [6, 6.07) is 8.30. The second-order valence-corrected chi connectivity index (χ2v) is 7.34. The van der Waals surface area contributed by atoms with Gasteiger partial charge in [0.15, 0.2) is 0 Å². The van der Waals surface area contributed by atoms with Gasteiger partial charge in [-0.1, -0.05) is 17.7 Å². The van der Waals surface area contributed by atoms with E-state index in [0.717, 1.165) is 42.7 Å². The Morgan fingerprint density at radius 3 is 2.73 bits per heavy atom. The first kappa shape index (κ1) is 17.2. The van der Waals surface area contributed by atoms with Crippen LogP contribution in [0.3, 0.4) is 0 Å². The predicted molar refractivity (Wildman–Crippen MR) is 105 cm³/mol. The van der Waals surface area contributed by atoms with Crippen molar-refractivity contribution in [2.24, 2.45) is 5.92 Å². The van der Waals surface area contributed by atoms with Gasteiger partial charge in [0.05, 0.1) is 16.6 Å². The first-order valence-electron chi connectivity index (χ1n) is 8.96. The van der Waals surface area contributed by atoms with E-state index in [4.69, 9.17) is 11.6 Å². The zero-order valence-electron chi connectivity index (χ0n) is 14.8. The highest BCUT2D eigenvalue weighted by atomic mass is 35.5. The number of nitrogens with zero attached hydrogens (tertiary/aromatic N) is 4. The van der Waals surface area contributed by atoms with Crippen molar-refractivity contribution in [2.45, 2.75) is 18.9 Å². The van der Waals surface area contributed by atoms with Crippen LogP contribution >= 0.6 is 11.6 Å². The van der Waals surface area contributed by atoms with Crippen molar-refractivity contribution in [1.29, 1.82) is 0 Å². The molecule has 1 atom stereocenters. The van der Waals surface area contributed by atoms with E-state index in [1.807, 2.05) is 30.6 Å². The third-order valence-corrected chi connectivity index (χ3v) is 5.42. The second kappa shape index (κ2) is 7.56. The molecule has 1 aliphatic heterocycles. The number of aromatic nitrogens is 3. The minimum absolute atomic E-state index is 0.197. The fourth-order valence-electron chi connectivity index (χ4n) is 3.69. The Hall–Kier alpha value is -2.24. The van der Waals surface area contributed by atoms with Gasteiger partial charge in [0.1, 0.15) is 5.52 Å². The summed E-state index contributed by atoms with van der Waals surface area (Å²) in [7, 11) is 2.19. The first-order chi connectivity index (χ1) is 12.7. The summed E-state index contributed by atoms with van der Waals surface area (Å²) >= 11 is 6.44. The topological polar surface area (TPSA) is 53.9 Å². The number of hydrogen-bond acceptors (Lipinski definition) is 5. The summed E-state index contributed by atoms with van der Waals surface area (Å²) in [6.07, 6.45) is 9.45. The van der Waals surface area contributed by atoms with Crippen LogP contribution in [0, 0.1) is 5.92 Å². The van der Waals surface area contributed by atoms with Crippen LogP contribution in [0.2, 0.25) is 5.02 Å². The largest absolute Gasteiger partial charge is 0.378 e. The predicted octanol–water partition coefficient (Wildman–Crippen LogP) is 4.17. The molecule has 1 aromatic carbocycles. The van der Waals surface area contributed by atoms with Gasteiger partial charge in [-0.2, -0.15) is 0 Å². The summed E-state index contributed by atoms with van der Waals surface area (Å²) in [5, 5.41) is 4.32. The lowest BCUT2D eigenvalue weighted by Crippen LogP contribution is -2.34. The molecule has 1 aliphatic rings. The number of piperidine rings is 1. The van der Waals surface area contributed by atoms with Gasteiger partial charge in [-0.25, -0.2) is 0 Å². The average molecular weight is 368 g/mol. The SMILES string of the molecule is CN1CCC(C(Nc2cc(Cl)c3nccnc3c2)c2cccnc2)CC1. The van der Waals surface area contributed by atoms with Crippen molar-refractivity contribution in [3.63, 3.8) is 0 Å². The monoisotopic (exact) mass is 367 g/mol. The van der Waals surface area contributed by atoms with Crippen LogP contribution in [0.1, 0.15) is 24.4 Å². The molecule has 0 saturated carbocycles. The average Bonchev–Trinajstić information content (AvgIpc) is 2.68. The maximum atomic E-state index is 6.44. The van der Waals surface area contributed by atoms with E-state index in [-0.39, 0.29) is 6.04 Å². The molecular formula is C20H22ClN5. The Morgan fingerprint density at radius 2 is 1.96 bits per heavy atom. The molecule has 1 unspecified atom stereocenters. The molecule has 4 rings (SSSR count). The van der Waals surface area contributed by atoms with Crippen LogP contribution < -0.4 is 5.32 Å². The molecule has 3 aromatic rings. The molecule has 2 aromatic heterocycles. The van der Waals surface area contributed by atoms with Gasteiger partial charge in [0.25, 0.3) is 0 Å². The molecule has 26 heavy (non-hydrogen) atoms. The van der Waals surface area contributed by atoms with Gasteiger partial charge >= 0.3 is 0 Å². The van der Waals surface area contributed by atoms with Crippen molar-refractivity contribution >= 4 is 28.3 Å². The minimum atomic E-state index is 0.197. The molecule has 0 bridgehead atoms. The van der Waals surface area contributed by atoms with E-state index in [1.54, 1.807) is 12.4 Å². The Bertz CT molecular complexity index is 878. The van der Waals surface area contributed by atoms with Gasteiger partial charge in [0, 0.05) is 30.5 Å². The first-order valence-corrected chi connectivity index (χ1v) is 9.34. The molecule has 0 spiro atoms. The smallest absolute Gasteiger partial charge is 0.107 e. The molecule has 1 fully saturated rings. The number of anilines is 1. The highest BCUT2D eigenvalue weighted by molar-refractivity contribution is 6.35. The third-order valence-electron chi connectivity index (χ3n) is 5.13. The van der Waals surface area contributed by atoms with Crippen LogP contribution in [0.4, 0.5) is 5.69 Å². The van der Waals surface area contributed by atoms with E-state index in [9.17, 15) is 0 Å². The molecule has 1 N–H and O–H groups in total. The lowest BCUT2D eigenvalue weighted by Gasteiger charge is -2.35. The number of fused-ring (bicyclic) bond motifs is 1. The molecule has 3 heterocycles. The van der Waals surface area contributed by atoms with Gasteiger partial charge in [-0.05, 0) is 62.7 Å². The zero-order chi connectivity index (χ0) is 17.9. The van der Waals surface area contributed by atoms with E-state index in [0.29, 0.717) is 10.9 Å². The molecule has 5 nitrogen and oxygen atoms in total. The summed E-state index contributed by atoms with van der Waals surface area (Å²) in [5.41, 5.74) is 3.71. The van der Waals surface area contributed by atoms with Crippen molar-refractivity contribution in [2.75, 3.05) is 25.5 Å².